The fraction of sp³-hybridized carbons (Fsp3) is 0.250. The summed E-state index contributed by atoms with van der Waals surface area (Å²) >= 11 is 0.789. The first-order valence-electron chi connectivity index (χ1n) is 10.7. The normalized spacial score (nSPS) is 11.5. The van der Waals surface area contributed by atoms with Crippen molar-refractivity contribution in [2.24, 2.45) is 5.73 Å². The van der Waals surface area contributed by atoms with E-state index in [2.05, 4.69) is 9.69 Å². The molecule has 3 amide bonds. The van der Waals surface area contributed by atoms with E-state index in [0.717, 1.165) is 22.7 Å². The number of hydrogen-bond donors (Lipinski definition) is 3. The highest BCUT2D eigenvalue weighted by atomic mass is 32.1. The summed E-state index contributed by atoms with van der Waals surface area (Å²) < 4.78 is 9.13. The lowest BCUT2D eigenvalue weighted by Crippen LogP contribution is -2.48. The molecular formula is C24H27N5O4S. The van der Waals surface area contributed by atoms with Gasteiger partial charge in [0.2, 0.25) is 5.91 Å². The van der Waals surface area contributed by atoms with E-state index in [1.54, 1.807) is 19.2 Å². The first-order chi connectivity index (χ1) is 16.3. The lowest BCUT2D eigenvalue weighted by molar-refractivity contribution is -0.126. The summed E-state index contributed by atoms with van der Waals surface area (Å²) in [6.45, 7) is 2.30. The Labute approximate surface area is 201 Å². The minimum absolute atomic E-state index is 0.0663. The predicted octanol–water partition coefficient (Wildman–Crippen LogP) is 2.57. The number of ether oxygens (including phenoxy) is 1. The lowest BCUT2D eigenvalue weighted by Gasteiger charge is -2.30. The van der Waals surface area contributed by atoms with Crippen molar-refractivity contribution < 1.29 is 19.1 Å². The van der Waals surface area contributed by atoms with Gasteiger partial charge in [0.1, 0.15) is 16.7 Å². The van der Waals surface area contributed by atoms with Crippen LogP contribution < -0.4 is 21.5 Å². The number of carbonyl (C=O) groups excluding carboxylic acids is 3. The monoisotopic (exact) mass is 481 g/mol. The number of nitrogens with one attached hydrogen (secondary N) is 1. The fourth-order valence-corrected chi connectivity index (χ4v) is 4.22. The first kappa shape index (κ1) is 24.7. The molecule has 0 bridgehead atoms. The van der Waals surface area contributed by atoms with Crippen LogP contribution in [-0.4, -0.2) is 40.1 Å². The van der Waals surface area contributed by atoms with E-state index in [4.69, 9.17) is 16.2 Å². The molecule has 9 nitrogen and oxygen atoms in total. The fourth-order valence-electron chi connectivity index (χ4n) is 3.46. The molecule has 10 heteroatoms. The molecule has 0 unspecified atom stereocenters. The summed E-state index contributed by atoms with van der Waals surface area (Å²) in [5.74, 6) is -0.944. The summed E-state index contributed by atoms with van der Waals surface area (Å²) in [6.07, 6.45) is 0.365. The van der Waals surface area contributed by atoms with E-state index < -0.39 is 17.9 Å². The Morgan fingerprint density at radius 2 is 1.76 bits per heavy atom. The second-order valence-corrected chi connectivity index (χ2v) is 8.32. The van der Waals surface area contributed by atoms with E-state index in [1.807, 2.05) is 49.4 Å². The number of benzene rings is 2. The second kappa shape index (κ2) is 11.3. The zero-order chi connectivity index (χ0) is 24.7. The number of aromatic nitrogens is 1. The van der Waals surface area contributed by atoms with Crippen LogP contribution in [0, 0.1) is 0 Å². The molecule has 0 saturated heterocycles. The van der Waals surface area contributed by atoms with Gasteiger partial charge in [-0.25, -0.2) is 0 Å². The van der Waals surface area contributed by atoms with Crippen molar-refractivity contribution in [3.63, 3.8) is 0 Å². The van der Waals surface area contributed by atoms with Crippen molar-refractivity contribution in [3.8, 4) is 5.75 Å². The third-order valence-corrected chi connectivity index (χ3v) is 6.15. The highest BCUT2D eigenvalue weighted by Crippen LogP contribution is 2.26. The molecule has 178 valence electrons. The van der Waals surface area contributed by atoms with Crippen LogP contribution in [0.15, 0.2) is 54.6 Å². The third-order valence-electron chi connectivity index (χ3n) is 5.30. The average molecular weight is 482 g/mol. The van der Waals surface area contributed by atoms with Gasteiger partial charge >= 0.3 is 0 Å². The van der Waals surface area contributed by atoms with E-state index in [0.29, 0.717) is 18.7 Å². The summed E-state index contributed by atoms with van der Waals surface area (Å²) in [5.41, 5.74) is 12.8. The maximum Gasteiger partial charge on any atom is 0.270 e. The zero-order valence-electron chi connectivity index (χ0n) is 19.0. The van der Waals surface area contributed by atoms with Gasteiger partial charge in [-0.15, -0.1) is 0 Å². The Morgan fingerprint density at radius 1 is 1.09 bits per heavy atom. The maximum absolute atomic E-state index is 13.6. The number of nitrogens with zero attached hydrogens (tertiary/aromatic N) is 2. The van der Waals surface area contributed by atoms with Gasteiger partial charge in [-0.3, -0.25) is 14.4 Å². The topological polar surface area (TPSA) is 141 Å². The number of carbonyl (C=O) groups is 3. The molecule has 5 N–H and O–H groups in total. The average Bonchev–Trinajstić information content (AvgIpc) is 3.24. The van der Waals surface area contributed by atoms with Gasteiger partial charge in [0.05, 0.1) is 12.8 Å². The van der Waals surface area contributed by atoms with Crippen LogP contribution >= 0.6 is 11.5 Å². The van der Waals surface area contributed by atoms with E-state index >= 15 is 0 Å². The molecule has 2 aromatic carbocycles. The van der Waals surface area contributed by atoms with E-state index in [9.17, 15) is 14.4 Å². The number of rotatable bonds is 10. The van der Waals surface area contributed by atoms with E-state index in [1.165, 1.54) is 4.90 Å². The molecule has 0 aliphatic heterocycles. The Balaban J connectivity index is 1.90. The number of nitrogens with two attached hydrogens (primary N) is 2. The number of hydrogen-bond acceptors (Lipinski definition) is 7. The van der Waals surface area contributed by atoms with Crippen LogP contribution in [0.2, 0.25) is 0 Å². The number of primary amides is 1. The van der Waals surface area contributed by atoms with Crippen molar-refractivity contribution in [1.82, 2.24) is 14.6 Å². The Hall–Kier alpha value is -3.92. The maximum atomic E-state index is 13.6. The van der Waals surface area contributed by atoms with Gasteiger partial charge in [-0.1, -0.05) is 49.4 Å². The minimum atomic E-state index is -0.817. The SMILES string of the molecule is CC[C@H](C(=O)NCc1ccccc1)N(Cc1ccc(OC)cc1)C(=O)c1snc(C(N)=O)c1N. The summed E-state index contributed by atoms with van der Waals surface area (Å²) in [6, 6.07) is 15.9. The summed E-state index contributed by atoms with van der Waals surface area (Å²) in [5, 5.41) is 2.91. The Bertz CT molecular complexity index is 1150. The molecule has 1 heterocycles. The van der Waals surface area contributed by atoms with Gasteiger partial charge in [0, 0.05) is 13.1 Å². The van der Waals surface area contributed by atoms with Crippen LogP contribution in [0.3, 0.4) is 0 Å². The van der Waals surface area contributed by atoms with Crippen molar-refractivity contribution in [2.75, 3.05) is 12.8 Å². The predicted molar refractivity (Wildman–Crippen MR) is 130 cm³/mol. The molecular weight excluding hydrogens is 454 g/mol. The molecule has 0 radical (unpaired) electrons. The largest absolute Gasteiger partial charge is 0.497 e. The number of methoxy groups -OCH3 is 1. The molecule has 34 heavy (non-hydrogen) atoms. The molecule has 0 fully saturated rings. The molecule has 1 aromatic heterocycles. The van der Waals surface area contributed by atoms with Gasteiger partial charge in [0.25, 0.3) is 11.8 Å². The molecule has 3 aromatic rings. The van der Waals surface area contributed by atoms with Crippen LogP contribution in [0.5, 0.6) is 5.75 Å². The molecule has 0 aliphatic carbocycles. The highest BCUT2D eigenvalue weighted by Gasteiger charge is 2.32. The number of nitrogen functional groups attached to an aromatic ring is 1. The summed E-state index contributed by atoms with van der Waals surface area (Å²) in [7, 11) is 1.57. The molecule has 1 atom stereocenters. The van der Waals surface area contributed by atoms with Crippen molar-refractivity contribution >= 4 is 34.9 Å². The Morgan fingerprint density at radius 3 is 2.32 bits per heavy atom. The van der Waals surface area contributed by atoms with Crippen molar-refractivity contribution in [2.45, 2.75) is 32.5 Å². The molecule has 0 spiro atoms. The standard InChI is InChI=1S/C24H27N5O4S/c1-3-18(23(31)27-13-15-7-5-4-6-8-15)29(14-16-9-11-17(33-2)12-10-16)24(32)21-19(25)20(22(26)30)28-34-21/h4-12,18H,3,13-14,25H2,1-2H3,(H2,26,30)(H,27,31)/t18-/m1/s1. The van der Waals surface area contributed by atoms with Gasteiger partial charge in [-0.05, 0) is 41.2 Å². The van der Waals surface area contributed by atoms with Crippen LogP contribution in [0.25, 0.3) is 0 Å². The van der Waals surface area contributed by atoms with Gasteiger partial charge < -0.3 is 26.4 Å². The smallest absolute Gasteiger partial charge is 0.270 e. The molecule has 3 rings (SSSR count). The lowest BCUT2D eigenvalue weighted by atomic mass is 10.1. The van der Waals surface area contributed by atoms with Crippen LogP contribution in [0.1, 0.15) is 44.6 Å². The summed E-state index contributed by atoms with van der Waals surface area (Å²) in [4.78, 5) is 39.8. The van der Waals surface area contributed by atoms with Crippen LogP contribution in [0.4, 0.5) is 5.69 Å². The minimum Gasteiger partial charge on any atom is -0.497 e. The molecule has 0 aliphatic rings. The molecule has 0 saturated carbocycles. The van der Waals surface area contributed by atoms with Gasteiger partial charge in [0.15, 0.2) is 5.69 Å². The number of anilines is 1. The Kier molecular flexibility index (Phi) is 8.20. The zero-order valence-corrected chi connectivity index (χ0v) is 19.8. The second-order valence-electron chi connectivity index (χ2n) is 7.55. The third kappa shape index (κ3) is 5.70. The van der Waals surface area contributed by atoms with Crippen LogP contribution in [-0.2, 0) is 17.9 Å². The van der Waals surface area contributed by atoms with Crippen molar-refractivity contribution in [3.05, 3.63) is 76.3 Å². The number of amides is 3. The quantitative estimate of drug-likeness (QED) is 0.406. The van der Waals surface area contributed by atoms with Gasteiger partial charge in [-0.2, -0.15) is 4.37 Å². The highest BCUT2D eigenvalue weighted by molar-refractivity contribution is 7.09. The first-order valence-corrected chi connectivity index (χ1v) is 11.4. The van der Waals surface area contributed by atoms with E-state index in [-0.39, 0.29) is 28.7 Å². The van der Waals surface area contributed by atoms with Crippen molar-refractivity contribution in [1.29, 1.82) is 0 Å².